The van der Waals surface area contributed by atoms with E-state index in [4.69, 9.17) is 5.11 Å². The van der Waals surface area contributed by atoms with Crippen LogP contribution in [0.4, 0.5) is 4.39 Å². The molecule has 1 aliphatic carbocycles. The van der Waals surface area contributed by atoms with E-state index in [9.17, 15) is 9.18 Å². The van der Waals surface area contributed by atoms with Gasteiger partial charge in [-0.25, -0.2) is 9.18 Å². The lowest BCUT2D eigenvalue weighted by Crippen LogP contribution is -2.29. The molecule has 0 bridgehead atoms. The highest BCUT2D eigenvalue weighted by Gasteiger charge is 2.19. The Kier molecular flexibility index (Phi) is 3.97. The van der Waals surface area contributed by atoms with E-state index in [1.54, 1.807) is 0 Å². The van der Waals surface area contributed by atoms with Gasteiger partial charge in [0.1, 0.15) is 5.82 Å². The molecule has 2 rings (SSSR count). The van der Waals surface area contributed by atoms with E-state index in [2.05, 4.69) is 4.90 Å². The van der Waals surface area contributed by atoms with Crippen molar-refractivity contribution >= 4 is 5.97 Å². The molecule has 1 aromatic rings. The third-order valence-electron chi connectivity index (χ3n) is 3.53. The van der Waals surface area contributed by atoms with Gasteiger partial charge >= 0.3 is 5.97 Å². The number of rotatable bonds is 5. The lowest BCUT2D eigenvalue weighted by molar-refractivity contribution is 0.0696. The molecule has 0 radical (unpaired) electrons. The molecular formula is C14H18FNO2. The highest BCUT2D eigenvalue weighted by Crippen LogP contribution is 2.27. The van der Waals surface area contributed by atoms with Crippen molar-refractivity contribution in [2.75, 3.05) is 13.6 Å². The summed E-state index contributed by atoms with van der Waals surface area (Å²) in [5, 5.41) is 8.89. The Bertz CT molecular complexity index is 443. The van der Waals surface area contributed by atoms with Crippen molar-refractivity contribution in [1.82, 2.24) is 4.90 Å². The van der Waals surface area contributed by atoms with E-state index in [0.717, 1.165) is 12.5 Å². The second-order valence-electron chi connectivity index (χ2n) is 5.11. The zero-order chi connectivity index (χ0) is 13.1. The summed E-state index contributed by atoms with van der Waals surface area (Å²) < 4.78 is 13.6. The van der Waals surface area contributed by atoms with Crippen molar-refractivity contribution < 1.29 is 14.3 Å². The third kappa shape index (κ3) is 3.07. The fourth-order valence-electron chi connectivity index (χ4n) is 2.30. The van der Waals surface area contributed by atoms with E-state index in [1.807, 2.05) is 7.05 Å². The number of hydrogen-bond acceptors (Lipinski definition) is 2. The van der Waals surface area contributed by atoms with Crippen molar-refractivity contribution in [3.05, 3.63) is 35.1 Å². The molecule has 0 aliphatic heterocycles. The normalized spacial score (nSPS) is 15.7. The van der Waals surface area contributed by atoms with Crippen molar-refractivity contribution in [2.45, 2.75) is 25.8 Å². The molecule has 98 valence electrons. The molecule has 0 unspecified atom stereocenters. The van der Waals surface area contributed by atoms with Crippen LogP contribution < -0.4 is 0 Å². The molecule has 1 N–H and O–H groups in total. The van der Waals surface area contributed by atoms with Crippen molar-refractivity contribution in [3.63, 3.8) is 0 Å². The first-order valence-corrected chi connectivity index (χ1v) is 6.26. The molecule has 0 aromatic heterocycles. The van der Waals surface area contributed by atoms with Crippen LogP contribution in [0.15, 0.2) is 18.2 Å². The first kappa shape index (κ1) is 13.0. The number of hydrogen-bond donors (Lipinski definition) is 1. The van der Waals surface area contributed by atoms with Gasteiger partial charge in [0.2, 0.25) is 0 Å². The van der Waals surface area contributed by atoms with Crippen LogP contribution in [0.25, 0.3) is 0 Å². The second kappa shape index (κ2) is 5.48. The first-order valence-electron chi connectivity index (χ1n) is 6.26. The summed E-state index contributed by atoms with van der Waals surface area (Å²) in [5.41, 5.74) is 0.597. The number of carbonyl (C=O) groups is 1. The molecule has 0 atom stereocenters. The molecule has 18 heavy (non-hydrogen) atoms. The van der Waals surface area contributed by atoms with Gasteiger partial charge in [-0.2, -0.15) is 0 Å². The number of halogens is 1. The summed E-state index contributed by atoms with van der Waals surface area (Å²) in [5.74, 6) is -0.626. The van der Waals surface area contributed by atoms with Crippen LogP contribution in [-0.4, -0.2) is 29.6 Å². The minimum absolute atomic E-state index is 0.142. The van der Waals surface area contributed by atoms with Crippen molar-refractivity contribution in [2.24, 2.45) is 5.92 Å². The monoisotopic (exact) mass is 251 g/mol. The Morgan fingerprint density at radius 2 is 2.22 bits per heavy atom. The molecule has 1 saturated carbocycles. The van der Waals surface area contributed by atoms with E-state index in [-0.39, 0.29) is 11.4 Å². The summed E-state index contributed by atoms with van der Waals surface area (Å²) in [7, 11) is 1.95. The zero-order valence-corrected chi connectivity index (χ0v) is 10.5. The Morgan fingerprint density at radius 1 is 1.50 bits per heavy atom. The Hall–Kier alpha value is -1.42. The van der Waals surface area contributed by atoms with Gasteiger partial charge in [-0.1, -0.05) is 6.42 Å². The molecule has 3 nitrogen and oxygen atoms in total. The molecule has 1 fully saturated rings. The largest absolute Gasteiger partial charge is 0.478 e. The van der Waals surface area contributed by atoms with Gasteiger partial charge in [0.25, 0.3) is 0 Å². The van der Waals surface area contributed by atoms with Gasteiger partial charge in [-0.05, 0) is 44.0 Å². The standard InChI is InChI=1S/C14H18FNO2/c1-16(8-10-3-2-4-10)9-12-7-11(14(17)18)5-6-13(12)15/h5-7,10H,2-4,8-9H2,1H3,(H,17,18). The number of carboxylic acid groups (broad SMARTS) is 1. The molecule has 0 amide bonds. The fourth-order valence-corrected chi connectivity index (χ4v) is 2.30. The average Bonchev–Trinajstić information content (AvgIpc) is 2.26. The van der Waals surface area contributed by atoms with Crippen LogP contribution in [0.2, 0.25) is 0 Å². The van der Waals surface area contributed by atoms with Gasteiger partial charge in [0.05, 0.1) is 5.56 Å². The molecule has 1 aliphatic rings. The van der Waals surface area contributed by atoms with Crippen LogP contribution in [0.3, 0.4) is 0 Å². The Labute approximate surface area is 106 Å². The van der Waals surface area contributed by atoms with Gasteiger partial charge in [0, 0.05) is 18.7 Å². The summed E-state index contributed by atoms with van der Waals surface area (Å²) in [6.07, 6.45) is 3.80. The lowest BCUT2D eigenvalue weighted by Gasteiger charge is -2.30. The molecule has 0 heterocycles. The van der Waals surface area contributed by atoms with Crippen LogP contribution >= 0.6 is 0 Å². The SMILES string of the molecule is CN(Cc1cc(C(=O)O)ccc1F)CC1CCC1. The predicted molar refractivity (Wildman–Crippen MR) is 67.0 cm³/mol. The zero-order valence-electron chi connectivity index (χ0n) is 10.5. The molecule has 0 saturated heterocycles. The lowest BCUT2D eigenvalue weighted by atomic mass is 9.85. The maximum atomic E-state index is 13.6. The minimum atomic E-state index is -1.02. The number of carboxylic acids is 1. The molecule has 0 spiro atoms. The smallest absolute Gasteiger partial charge is 0.335 e. The van der Waals surface area contributed by atoms with E-state index >= 15 is 0 Å². The Balaban J connectivity index is 2.02. The summed E-state index contributed by atoms with van der Waals surface area (Å²) in [4.78, 5) is 12.9. The number of aromatic carboxylic acids is 1. The number of nitrogens with zero attached hydrogens (tertiary/aromatic N) is 1. The highest BCUT2D eigenvalue weighted by molar-refractivity contribution is 5.87. The van der Waals surface area contributed by atoms with Gasteiger partial charge in [-0.3, -0.25) is 0 Å². The summed E-state index contributed by atoms with van der Waals surface area (Å²) in [6.45, 7) is 1.42. The quantitative estimate of drug-likeness (QED) is 0.874. The average molecular weight is 251 g/mol. The molecular weight excluding hydrogens is 233 g/mol. The summed E-state index contributed by atoms with van der Waals surface area (Å²) in [6, 6.07) is 3.96. The van der Waals surface area contributed by atoms with Crippen molar-refractivity contribution in [3.8, 4) is 0 Å². The second-order valence-corrected chi connectivity index (χ2v) is 5.11. The topological polar surface area (TPSA) is 40.5 Å². The van der Waals surface area contributed by atoms with E-state index in [0.29, 0.717) is 12.1 Å². The highest BCUT2D eigenvalue weighted by atomic mass is 19.1. The maximum absolute atomic E-state index is 13.6. The minimum Gasteiger partial charge on any atom is -0.478 e. The van der Waals surface area contributed by atoms with Gasteiger partial charge in [0.15, 0.2) is 0 Å². The van der Waals surface area contributed by atoms with E-state index < -0.39 is 5.97 Å². The number of benzene rings is 1. The van der Waals surface area contributed by atoms with Crippen LogP contribution in [0.5, 0.6) is 0 Å². The molecule has 4 heteroatoms. The maximum Gasteiger partial charge on any atom is 0.335 e. The third-order valence-corrected chi connectivity index (χ3v) is 3.53. The predicted octanol–water partition coefficient (Wildman–Crippen LogP) is 2.76. The van der Waals surface area contributed by atoms with Crippen LogP contribution in [0.1, 0.15) is 35.2 Å². The first-order chi connectivity index (χ1) is 8.56. The summed E-state index contributed by atoms with van der Waals surface area (Å²) >= 11 is 0. The molecule has 1 aromatic carbocycles. The van der Waals surface area contributed by atoms with Crippen LogP contribution in [0, 0.1) is 11.7 Å². The van der Waals surface area contributed by atoms with E-state index in [1.165, 1.54) is 37.5 Å². The van der Waals surface area contributed by atoms with Crippen LogP contribution in [-0.2, 0) is 6.54 Å². The van der Waals surface area contributed by atoms with Crippen molar-refractivity contribution in [1.29, 1.82) is 0 Å². The van der Waals surface area contributed by atoms with Gasteiger partial charge in [-0.15, -0.1) is 0 Å². The Morgan fingerprint density at radius 3 is 2.78 bits per heavy atom. The fraction of sp³-hybridized carbons (Fsp3) is 0.500. The van der Waals surface area contributed by atoms with Gasteiger partial charge < -0.3 is 10.0 Å².